The topological polar surface area (TPSA) is 91.0 Å². The van der Waals surface area contributed by atoms with Crippen molar-refractivity contribution in [2.45, 2.75) is 12.5 Å². The van der Waals surface area contributed by atoms with Gasteiger partial charge >= 0.3 is 0 Å². The van der Waals surface area contributed by atoms with Gasteiger partial charge in [0.2, 0.25) is 5.95 Å². The molecule has 158 valence electrons. The zero-order valence-electron chi connectivity index (χ0n) is 17.4. The highest BCUT2D eigenvalue weighted by molar-refractivity contribution is 5.83. The standard InChI is InChI=1S/C23H25N7O/c1-31-21-14-25-23(28-22(21)27-18-8-9-19-17(12-18)13-26-29-19)30-11-5-10-24-20(15-30)16-6-3-2-4-7-16/h2-4,6-9,12-14,20,24H,5,10-11,15H2,1H3,(H,26,29)(H,25,27,28). The predicted molar refractivity (Wildman–Crippen MR) is 122 cm³/mol. The molecule has 8 heteroatoms. The number of aromatic nitrogens is 4. The number of hydrogen-bond donors (Lipinski definition) is 3. The highest BCUT2D eigenvalue weighted by Gasteiger charge is 2.22. The van der Waals surface area contributed by atoms with Gasteiger partial charge in [0.05, 0.1) is 25.0 Å². The monoisotopic (exact) mass is 415 g/mol. The number of H-pyrrole nitrogens is 1. The third-order valence-corrected chi connectivity index (χ3v) is 5.55. The summed E-state index contributed by atoms with van der Waals surface area (Å²) in [6.45, 7) is 2.65. The van der Waals surface area contributed by atoms with E-state index in [1.165, 1.54) is 5.56 Å². The SMILES string of the molecule is COc1cnc(N2CCCNC(c3ccccc3)C2)nc1Nc1ccc2[nH]ncc2c1. The molecule has 31 heavy (non-hydrogen) atoms. The molecular weight excluding hydrogens is 390 g/mol. The van der Waals surface area contributed by atoms with E-state index in [4.69, 9.17) is 9.72 Å². The second-order valence-electron chi connectivity index (χ2n) is 7.60. The molecule has 3 heterocycles. The highest BCUT2D eigenvalue weighted by Crippen LogP contribution is 2.29. The van der Waals surface area contributed by atoms with Crippen LogP contribution in [-0.4, -0.2) is 46.9 Å². The number of benzene rings is 2. The molecule has 0 aliphatic carbocycles. The fourth-order valence-electron chi connectivity index (χ4n) is 3.92. The number of hydrogen-bond acceptors (Lipinski definition) is 7. The molecule has 4 aromatic rings. The van der Waals surface area contributed by atoms with E-state index in [0.29, 0.717) is 17.5 Å². The number of ether oxygens (including phenoxy) is 1. The highest BCUT2D eigenvalue weighted by atomic mass is 16.5. The maximum atomic E-state index is 5.51. The molecule has 0 radical (unpaired) electrons. The Kier molecular flexibility index (Phi) is 5.37. The number of anilines is 3. The summed E-state index contributed by atoms with van der Waals surface area (Å²) in [4.78, 5) is 11.7. The Morgan fingerprint density at radius 2 is 2.03 bits per heavy atom. The predicted octanol–water partition coefficient (Wildman–Crippen LogP) is 3.65. The van der Waals surface area contributed by atoms with Crippen molar-refractivity contribution in [3.05, 3.63) is 66.5 Å². The lowest BCUT2D eigenvalue weighted by molar-refractivity contribution is 0.413. The molecule has 2 aromatic heterocycles. The second-order valence-corrected chi connectivity index (χ2v) is 7.60. The summed E-state index contributed by atoms with van der Waals surface area (Å²) in [7, 11) is 1.63. The molecule has 8 nitrogen and oxygen atoms in total. The van der Waals surface area contributed by atoms with Crippen molar-refractivity contribution in [1.82, 2.24) is 25.5 Å². The number of aromatic amines is 1. The summed E-state index contributed by atoms with van der Waals surface area (Å²) in [5, 5.41) is 15.1. The zero-order valence-corrected chi connectivity index (χ0v) is 17.4. The van der Waals surface area contributed by atoms with Crippen LogP contribution in [0.25, 0.3) is 10.9 Å². The molecule has 3 N–H and O–H groups in total. The average Bonchev–Trinajstić information content (AvgIpc) is 3.14. The molecule has 1 fully saturated rings. The van der Waals surface area contributed by atoms with Crippen LogP contribution < -0.4 is 20.3 Å². The van der Waals surface area contributed by atoms with E-state index in [2.05, 4.69) is 55.0 Å². The first-order valence-corrected chi connectivity index (χ1v) is 10.4. The van der Waals surface area contributed by atoms with Crippen LogP contribution in [0.3, 0.4) is 0 Å². The lowest BCUT2D eigenvalue weighted by atomic mass is 10.1. The Hall–Kier alpha value is -3.65. The molecule has 1 unspecified atom stereocenters. The van der Waals surface area contributed by atoms with Crippen LogP contribution >= 0.6 is 0 Å². The maximum absolute atomic E-state index is 5.51. The largest absolute Gasteiger partial charge is 0.491 e. The van der Waals surface area contributed by atoms with Gasteiger partial charge in [-0.3, -0.25) is 5.10 Å². The van der Waals surface area contributed by atoms with Gasteiger partial charge in [-0.1, -0.05) is 30.3 Å². The minimum atomic E-state index is 0.231. The van der Waals surface area contributed by atoms with Gasteiger partial charge in [-0.2, -0.15) is 10.1 Å². The minimum absolute atomic E-state index is 0.231. The molecular formula is C23H25N7O. The normalized spacial score (nSPS) is 16.8. The average molecular weight is 416 g/mol. The van der Waals surface area contributed by atoms with Crippen LogP contribution in [-0.2, 0) is 0 Å². The van der Waals surface area contributed by atoms with Crippen LogP contribution in [0.4, 0.5) is 17.5 Å². The number of methoxy groups -OCH3 is 1. The second kappa shape index (κ2) is 8.61. The Morgan fingerprint density at radius 1 is 1.13 bits per heavy atom. The van der Waals surface area contributed by atoms with Crippen LogP contribution in [0.5, 0.6) is 5.75 Å². The van der Waals surface area contributed by atoms with Crippen molar-refractivity contribution in [2.75, 3.05) is 37.0 Å². The van der Waals surface area contributed by atoms with E-state index >= 15 is 0 Å². The first-order valence-electron chi connectivity index (χ1n) is 10.4. The van der Waals surface area contributed by atoms with Crippen LogP contribution in [0, 0.1) is 0 Å². The van der Waals surface area contributed by atoms with Gasteiger partial charge in [0.25, 0.3) is 0 Å². The van der Waals surface area contributed by atoms with E-state index in [9.17, 15) is 0 Å². The summed E-state index contributed by atoms with van der Waals surface area (Å²) in [5.74, 6) is 1.93. The van der Waals surface area contributed by atoms with Gasteiger partial charge in [-0.15, -0.1) is 0 Å². The van der Waals surface area contributed by atoms with E-state index in [1.807, 2.05) is 24.3 Å². The van der Waals surface area contributed by atoms with E-state index in [1.54, 1.807) is 19.5 Å². The molecule has 1 atom stereocenters. The van der Waals surface area contributed by atoms with E-state index in [0.717, 1.165) is 42.6 Å². The van der Waals surface area contributed by atoms with Gasteiger partial charge in [-0.05, 0) is 36.7 Å². The zero-order chi connectivity index (χ0) is 21.0. The molecule has 0 amide bonds. The van der Waals surface area contributed by atoms with Gasteiger partial charge in [0.15, 0.2) is 11.6 Å². The first-order chi connectivity index (χ1) is 15.3. The molecule has 1 saturated heterocycles. The van der Waals surface area contributed by atoms with Crippen LogP contribution in [0.15, 0.2) is 60.9 Å². The third kappa shape index (κ3) is 4.15. The maximum Gasteiger partial charge on any atom is 0.227 e. The smallest absolute Gasteiger partial charge is 0.227 e. The Labute approximate surface area is 180 Å². The third-order valence-electron chi connectivity index (χ3n) is 5.55. The van der Waals surface area contributed by atoms with Crippen LogP contribution in [0.2, 0.25) is 0 Å². The summed E-state index contributed by atoms with van der Waals surface area (Å²) in [5.41, 5.74) is 3.18. The van der Waals surface area contributed by atoms with E-state index in [-0.39, 0.29) is 6.04 Å². The fraction of sp³-hybridized carbons (Fsp3) is 0.261. The minimum Gasteiger partial charge on any atom is -0.491 e. The molecule has 1 aliphatic rings. The summed E-state index contributed by atoms with van der Waals surface area (Å²) >= 11 is 0. The molecule has 0 bridgehead atoms. The van der Waals surface area contributed by atoms with E-state index < -0.39 is 0 Å². The van der Waals surface area contributed by atoms with Gasteiger partial charge in [0, 0.05) is 30.2 Å². The Balaban J connectivity index is 1.42. The number of rotatable bonds is 5. The summed E-state index contributed by atoms with van der Waals surface area (Å²) in [6, 6.07) is 16.8. The molecule has 5 rings (SSSR count). The molecule has 0 saturated carbocycles. The quantitative estimate of drug-likeness (QED) is 0.458. The molecule has 1 aliphatic heterocycles. The Morgan fingerprint density at radius 3 is 2.90 bits per heavy atom. The first kappa shape index (κ1) is 19.3. The number of fused-ring (bicyclic) bond motifs is 1. The van der Waals surface area contributed by atoms with Crippen molar-refractivity contribution in [3.63, 3.8) is 0 Å². The Bertz CT molecular complexity index is 1160. The fourth-order valence-corrected chi connectivity index (χ4v) is 3.92. The summed E-state index contributed by atoms with van der Waals surface area (Å²) in [6.07, 6.45) is 4.56. The van der Waals surface area contributed by atoms with Crippen molar-refractivity contribution >= 4 is 28.4 Å². The lowest BCUT2D eigenvalue weighted by Gasteiger charge is -2.25. The van der Waals surface area contributed by atoms with Crippen molar-refractivity contribution in [1.29, 1.82) is 0 Å². The van der Waals surface area contributed by atoms with Gasteiger partial charge in [0.1, 0.15) is 0 Å². The van der Waals surface area contributed by atoms with Crippen molar-refractivity contribution in [2.24, 2.45) is 0 Å². The van der Waals surface area contributed by atoms with Crippen LogP contribution in [0.1, 0.15) is 18.0 Å². The number of nitrogens with zero attached hydrogens (tertiary/aromatic N) is 4. The molecule has 2 aromatic carbocycles. The van der Waals surface area contributed by atoms with Gasteiger partial charge < -0.3 is 20.3 Å². The van der Waals surface area contributed by atoms with Crippen molar-refractivity contribution < 1.29 is 4.74 Å². The van der Waals surface area contributed by atoms with Crippen molar-refractivity contribution in [3.8, 4) is 5.75 Å². The number of nitrogens with one attached hydrogen (secondary N) is 3. The lowest BCUT2D eigenvalue weighted by Crippen LogP contribution is -2.32. The molecule has 0 spiro atoms. The summed E-state index contributed by atoms with van der Waals surface area (Å²) < 4.78 is 5.51. The van der Waals surface area contributed by atoms with Gasteiger partial charge in [-0.25, -0.2) is 4.98 Å².